The Bertz CT molecular complexity index is 667. The summed E-state index contributed by atoms with van der Waals surface area (Å²) < 4.78 is 57.5. The van der Waals surface area contributed by atoms with Crippen molar-refractivity contribution in [1.29, 1.82) is 0 Å². The number of hydrogen-bond acceptors (Lipinski definition) is 3. The van der Waals surface area contributed by atoms with Crippen LogP contribution >= 0.6 is 0 Å². The van der Waals surface area contributed by atoms with E-state index in [1.807, 2.05) is 20.8 Å². The number of nitrogens with two attached hydrogens (primary N) is 1. The van der Waals surface area contributed by atoms with Crippen molar-refractivity contribution in [2.24, 2.45) is 15.5 Å². The van der Waals surface area contributed by atoms with Gasteiger partial charge in [-0.05, 0) is 17.7 Å². The zero-order chi connectivity index (χ0) is 19.6. The van der Waals surface area contributed by atoms with E-state index in [9.17, 15) is 22.5 Å². The number of alkyl halides is 2. The van der Waals surface area contributed by atoms with E-state index < -0.39 is 40.5 Å². The molecule has 0 bridgehead atoms. The van der Waals surface area contributed by atoms with Crippen molar-refractivity contribution in [2.45, 2.75) is 46.5 Å². The van der Waals surface area contributed by atoms with E-state index in [0.29, 0.717) is 12.7 Å². The monoisotopic (exact) mass is 376 g/mol. The Kier molecular flexibility index (Phi) is 6.69. The molecule has 2 atom stereocenters. The molecular weight excluding hydrogens is 353 g/mol. The van der Waals surface area contributed by atoms with Gasteiger partial charge in [-0.25, -0.2) is 13.2 Å². The number of amides is 1. The molecule has 140 valence electrons. The molecule has 0 fully saturated rings. The van der Waals surface area contributed by atoms with Crippen LogP contribution in [0.15, 0.2) is 16.5 Å². The van der Waals surface area contributed by atoms with Crippen molar-refractivity contribution in [3.8, 4) is 0 Å². The Balaban J connectivity index is 3.22. The minimum atomic E-state index is -3.48. The predicted molar refractivity (Wildman–Crippen MR) is 93.9 cm³/mol. The minimum absolute atomic E-state index is 0.149. The first-order chi connectivity index (χ1) is 11.2. The van der Waals surface area contributed by atoms with Gasteiger partial charge in [0.15, 0.2) is 0 Å². The molecule has 2 unspecified atom stereocenters. The molecule has 1 aromatic rings. The summed E-state index contributed by atoms with van der Waals surface area (Å²) in [7, 11) is 0. The van der Waals surface area contributed by atoms with E-state index in [2.05, 4.69) is 4.40 Å². The SMILES string of the molecule is CC(/C=N\[S+]([O-])CC(C)(C)C)c1cc(C(N)=O)cc(C(C)(F)F)c1F. The van der Waals surface area contributed by atoms with E-state index in [1.165, 1.54) is 13.1 Å². The molecule has 0 saturated carbocycles. The normalized spacial score (nSPS) is 15.4. The molecule has 0 radical (unpaired) electrons. The van der Waals surface area contributed by atoms with Gasteiger partial charge in [0.1, 0.15) is 11.6 Å². The maximum Gasteiger partial charge on any atom is 0.273 e. The average Bonchev–Trinajstić information content (AvgIpc) is 2.41. The Labute approximate surface area is 149 Å². The van der Waals surface area contributed by atoms with Crippen LogP contribution < -0.4 is 5.73 Å². The van der Waals surface area contributed by atoms with Crippen molar-refractivity contribution in [1.82, 2.24) is 0 Å². The molecule has 8 heteroatoms. The molecule has 0 saturated heterocycles. The number of carbonyl (C=O) groups is 1. The summed E-state index contributed by atoms with van der Waals surface area (Å²) in [4.78, 5) is 11.4. The Morgan fingerprint density at radius 3 is 2.36 bits per heavy atom. The van der Waals surface area contributed by atoms with Crippen molar-refractivity contribution < 1.29 is 22.5 Å². The fraction of sp³-hybridized carbons (Fsp3) is 0.529. The Morgan fingerprint density at radius 2 is 1.92 bits per heavy atom. The first kappa shape index (κ1) is 21.5. The largest absolute Gasteiger partial charge is 0.591 e. The standard InChI is InChI=1S/C17H23F3N2O2S/c1-10(8-22-25(24)9-16(2,3)4)12-6-11(15(21)23)7-13(14(12)18)17(5,19)20/h6-8,10H,9H2,1-5H3,(H2,21,23)/b22-8-. The quantitative estimate of drug-likeness (QED) is 0.603. The lowest BCUT2D eigenvalue weighted by Crippen LogP contribution is -2.20. The van der Waals surface area contributed by atoms with Gasteiger partial charge in [0.25, 0.3) is 5.92 Å². The summed E-state index contributed by atoms with van der Waals surface area (Å²) in [6.45, 7) is 7.75. The molecule has 1 rings (SSSR count). The predicted octanol–water partition coefficient (Wildman–Crippen LogP) is 3.92. The molecule has 0 aliphatic heterocycles. The van der Waals surface area contributed by atoms with Crippen LogP contribution in [0.3, 0.4) is 0 Å². The maximum absolute atomic E-state index is 14.5. The molecular formula is C17H23F3N2O2S. The molecule has 0 aliphatic carbocycles. The van der Waals surface area contributed by atoms with Crippen LogP contribution in [0.4, 0.5) is 13.2 Å². The Hall–Kier alpha value is -1.54. The van der Waals surface area contributed by atoms with Crippen LogP contribution in [-0.4, -0.2) is 22.4 Å². The van der Waals surface area contributed by atoms with Gasteiger partial charge in [-0.2, -0.15) is 0 Å². The number of halogens is 3. The number of primary amides is 1. The van der Waals surface area contributed by atoms with Crippen LogP contribution in [-0.2, 0) is 17.3 Å². The minimum Gasteiger partial charge on any atom is -0.591 e. The number of benzene rings is 1. The summed E-state index contributed by atoms with van der Waals surface area (Å²) in [5, 5.41) is 0. The highest BCUT2D eigenvalue weighted by atomic mass is 32.2. The third kappa shape index (κ3) is 6.36. The lowest BCUT2D eigenvalue weighted by molar-refractivity contribution is 0.0135. The fourth-order valence-corrected chi connectivity index (χ4v) is 3.22. The van der Waals surface area contributed by atoms with Crippen LogP contribution in [0.1, 0.15) is 62.0 Å². The average molecular weight is 376 g/mol. The number of rotatable bonds is 6. The zero-order valence-corrected chi connectivity index (χ0v) is 15.7. The fourth-order valence-electron chi connectivity index (χ4n) is 2.09. The van der Waals surface area contributed by atoms with Crippen molar-refractivity contribution >= 4 is 23.5 Å². The lowest BCUT2D eigenvalue weighted by atomic mass is 9.94. The number of hydrogen-bond donors (Lipinski definition) is 1. The molecule has 25 heavy (non-hydrogen) atoms. The van der Waals surface area contributed by atoms with Crippen LogP contribution in [0.5, 0.6) is 0 Å². The van der Waals surface area contributed by atoms with Crippen LogP contribution in [0.25, 0.3) is 0 Å². The lowest BCUT2D eigenvalue weighted by Gasteiger charge is -2.18. The van der Waals surface area contributed by atoms with Crippen molar-refractivity contribution in [2.75, 3.05) is 5.75 Å². The van der Waals surface area contributed by atoms with Gasteiger partial charge in [0, 0.05) is 23.8 Å². The van der Waals surface area contributed by atoms with Gasteiger partial charge in [-0.15, -0.1) is 0 Å². The van der Waals surface area contributed by atoms with Gasteiger partial charge >= 0.3 is 0 Å². The van der Waals surface area contributed by atoms with Crippen molar-refractivity contribution in [3.05, 3.63) is 34.6 Å². The number of carbonyl (C=O) groups excluding carboxylic acids is 1. The maximum atomic E-state index is 14.5. The highest BCUT2D eigenvalue weighted by Gasteiger charge is 2.32. The summed E-state index contributed by atoms with van der Waals surface area (Å²) in [6, 6.07) is 1.87. The number of nitrogens with zero attached hydrogens (tertiary/aromatic N) is 1. The molecule has 4 nitrogen and oxygen atoms in total. The smallest absolute Gasteiger partial charge is 0.273 e. The van der Waals surface area contributed by atoms with Gasteiger partial charge in [-0.1, -0.05) is 32.1 Å². The summed E-state index contributed by atoms with van der Waals surface area (Å²) >= 11 is -1.52. The van der Waals surface area contributed by atoms with E-state index in [4.69, 9.17) is 5.73 Å². The van der Waals surface area contributed by atoms with Gasteiger partial charge < -0.3 is 10.3 Å². The third-order valence-electron chi connectivity index (χ3n) is 3.31. The summed E-state index contributed by atoms with van der Waals surface area (Å²) in [5.74, 6) is -6.00. The molecule has 0 aliphatic rings. The first-order valence-electron chi connectivity index (χ1n) is 7.66. The van der Waals surface area contributed by atoms with Gasteiger partial charge in [0.2, 0.25) is 5.91 Å². The molecule has 1 amide bonds. The van der Waals surface area contributed by atoms with E-state index in [-0.39, 0.29) is 16.5 Å². The van der Waals surface area contributed by atoms with E-state index in [1.54, 1.807) is 0 Å². The topological polar surface area (TPSA) is 78.5 Å². The molecule has 1 aromatic carbocycles. The molecule has 2 N–H and O–H groups in total. The van der Waals surface area contributed by atoms with Crippen LogP contribution in [0.2, 0.25) is 0 Å². The van der Waals surface area contributed by atoms with Crippen molar-refractivity contribution in [3.63, 3.8) is 0 Å². The van der Waals surface area contributed by atoms with E-state index >= 15 is 0 Å². The van der Waals surface area contributed by atoms with E-state index in [0.717, 1.165) is 12.1 Å². The summed E-state index contributed by atoms with van der Waals surface area (Å²) in [5.41, 5.74) is 3.66. The second-order valence-electron chi connectivity index (χ2n) is 7.25. The molecule has 0 spiro atoms. The second kappa shape index (κ2) is 7.78. The second-order valence-corrected chi connectivity index (χ2v) is 8.39. The Morgan fingerprint density at radius 1 is 1.36 bits per heavy atom. The zero-order valence-electron chi connectivity index (χ0n) is 14.9. The van der Waals surface area contributed by atoms with Gasteiger partial charge in [0.05, 0.1) is 23.1 Å². The first-order valence-corrected chi connectivity index (χ1v) is 8.94. The molecule has 0 heterocycles. The highest BCUT2D eigenvalue weighted by Crippen LogP contribution is 2.33. The highest BCUT2D eigenvalue weighted by molar-refractivity contribution is 7.90. The van der Waals surface area contributed by atoms with Crippen LogP contribution in [0, 0.1) is 11.2 Å². The van der Waals surface area contributed by atoms with Gasteiger partial charge in [-0.3, -0.25) is 4.79 Å². The summed E-state index contributed by atoms with van der Waals surface area (Å²) in [6.07, 6.45) is 1.24. The third-order valence-corrected chi connectivity index (χ3v) is 4.78. The molecule has 0 aromatic heterocycles.